The van der Waals surface area contributed by atoms with Crippen LogP contribution >= 0.6 is 22.7 Å². The van der Waals surface area contributed by atoms with Crippen LogP contribution in [0.5, 0.6) is 0 Å². The molecule has 2 aliphatic rings. The maximum absolute atomic E-state index is 13.1. The number of ether oxygens (including phenoxy) is 1. The third-order valence-corrected chi connectivity index (χ3v) is 8.08. The largest absolute Gasteiger partial charge is 0.445 e. The summed E-state index contributed by atoms with van der Waals surface area (Å²) in [4.78, 5) is 14.9. The molecule has 0 N–H and O–H groups in total. The summed E-state index contributed by atoms with van der Waals surface area (Å²) in [5.74, 6) is 0. The molecule has 27 heavy (non-hydrogen) atoms. The minimum atomic E-state index is -0.195. The summed E-state index contributed by atoms with van der Waals surface area (Å²) >= 11 is 3.25. The van der Waals surface area contributed by atoms with E-state index < -0.39 is 0 Å². The second-order valence-corrected chi connectivity index (χ2v) is 9.81. The van der Waals surface area contributed by atoms with Crippen molar-refractivity contribution >= 4 is 33.8 Å². The maximum Gasteiger partial charge on any atom is 0.415 e. The summed E-state index contributed by atoms with van der Waals surface area (Å²) in [7, 11) is 2.42. The highest BCUT2D eigenvalue weighted by molar-refractivity contribution is 7.14. The van der Waals surface area contributed by atoms with E-state index in [9.17, 15) is 4.79 Å². The van der Waals surface area contributed by atoms with Gasteiger partial charge in [0.2, 0.25) is 0 Å². The number of fused-ring (bicyclic) bond motifs is 2. The van der Waals surface area contributed by atoms with Crippen LogP contribution < -0.4 is 4.90 Å². The maximum atomic E-state index is 13.1. The molecule has 146 valence electrons. The lowest BCUT2D eigenvalue weighted by Crippen LogP contribution is -2.59. The lowest BCUT2D eigenvalue weighted by molar-refractivity contribution is -0.949. The predicted octanol–water partition coefficient (Wildman–Crippen LogP) is 5.50. The van der Waals surface area contributed by atoms with Gasteiger partial charge in [0, 0.05) is 25.7 Å². The number of nitrogens with zero attached hydrogens (tertiary/aromatic N) is 2. The third kappa shape index (κ3) is 3.80. The van der Waals surface area contributed by atoms with Crippen LogP contribution in [-0.4, -0.2) is 42.4 Å². The van der Waals surface area contributed by atoms with Gasteiger partial charge in [0.05, 0.1) is 32.2 Å². The monoisotopic (exact) mass is 405 g/mol. The molecule has 0 aliphatic carbocycles. The normalized spacial score (nSPS) is 29.6. The minimum absolute atomic E-state index is 0.0583. The molecule has 4 atom stereocenters. The molecule has 4 nitrogen and oxygen atoms in total. The van der Waals surface area contributed by atoms with E-state index >= 15 is 0 Å². The number of anilines is 1. The molecule has 2 saturated heterocycles. The van der Waals surface area contributed by atoms with Crippen molar-refractivity contribution < 1.29 is 14.0 Å². The van der Waals surface area contributed by atoms with Crippen molar-refractivity contribution in [3.63, 3.8) is 0 Å². The molecule has 0 aromatic carbocycles. The first-order valence-corrected chi connectivity index (χ1v) is 11.8. The van der Waals surface area contributed by atoms with Gasteiger partial charge in [-0.25, -0.2) is 4.79 Å². The molecule has 0 spiro atoms. The van der Waals surface area contributed by atoms with Gasteiger partial charge in [0.25, 0.3) is 0 Å². The molecule has 2 aliphatic heterocycles. The van der Waals surface area contributed by atoms with Gasteiger partial charge in [0.15, 0.2) is 0 Å². The molecule has 0 radical (unpaired) electrons. The molecular weight excluding hydrogens is 376 g/mol. The van der Waals surface area contributed by atoms with Crippen molar-refractivity contribution in [1.82, 2.24) is 0 Å². The van der Waals surface area contributed by atoms with E-state index in [4.69, 9.17) is 4.74 Å². The average Bonchev–Trinajstić information content (AvgIpc) is 3.36. The van der Waals surface area contributed by atoms with Crippen LogP contribution in [0.3, 0.4) is 0 Å². The van der Waals surface area contributed by atoms with Crippen LogP contribution in [0.1, 0.15) is 44.6 Å². The average molecular weight is 406 g/mol. The van der Waals surface area contributed by atoms with E-state index in [1.165, 1.54) is 30.3 Å². The van der Waals surface area contributed by atoms with Crippen molar-refractivity contribution in [3.05, 3.63) is 39.9 Å². The highest BCUT2D eigenvalue weighted by atomic mass is 32.1. The zero-order valence-electron chi connectivity index (χ0n) is 16.2. The standard InChI is InChI=1S/C21H29N2O2S2/c1-3-9-23(2)17-6-7-18(23)13-19(12-17)25-21(24)22(20-5-4-10-27-20)14-16-8-11-26-15-16/h4-5,8,10-11,15,17-19H,3,6-7,9,12-14H2,1-2H3/q+1/t17-,18+,19?,23?. The number of carbonyl (C=O) groups excluding carboxylic acids is 1. The molecule has 0 saturated carbocycles. The van der Waals surface area contributed by atoms with E-state index in [2.05, 4.69) is 30.8 Å². The van der Waals surface area contributed by atoms with E-state index in [-0.39, 0.29) is 12.2 Å². The Hall–Kier alpha value is -1.37. The summed E-state index contributed by atoms with van der Waals surface area (Å²) < 4.78 is 7.25. The number of hydrogen-bond acceptors (Lipinski definition) is 4. The topological polar surface area (TPSA) is 29.5 Å². The molecule has 4 rings (SSSR count). The highest BCUT2D eigenvalue weighted by Gasteiger charge is 2.52. The van der Waals surface area contributed by atoms with Crippen molar-refractivity contribution in [1.29, 1.82) is 0 Å². The van der Waals surface area contributed by atoms with Gasteiger partial charge in [-0.1, -0.05) is 6.92 Å². The van der Waals surface area contributed by atoms with E-state index in [1.54, 1.807) is 27.6 Å². The third-order valence-electron chi connectivity index (χ3n) is 6.46. The van der Waals surface area contributed by atoms with Gasteiger partial charge in [-0.3, -0.25) is 4.90 Å². The molecule has 1 amide bonds. The fourth-order valence-corrected chi connectivity index (χ4v) is 6.44. The Balaban J connectivity index is 1.44. The lowest BCUT2D eigenvalue weighted by atomic mass is 9.96. The van der Waals surface area contributed by atoms with Gasteiger partial charge >= 0.3 is 6.09 Å². The quantitative estimate of drug-likeness (QED) is 0.594. The molecule has 4 heterocycles. The second kappa shape index (κ2) is 7.94. The number of rotatable bonds is 6. The first-order chi connectivity index (χ1) is 13.1. The minimum Gasteiger partial charge on any atom is -0.445 e. The molecule has 2 aromatic rings. The number of amides is 1. The second-order valence-electron chi connectivity index (χ2n) is 8.10. The molecule has 6 heteroatoms. The predicted molar refractivity (Wildman–Crippen MR) is 112 cm³/mol. The Bertz CT molecular complexity index is 730. The van der Waals surface area contributed by atoms with Gasteiger partial charge in [-0.15, -0.1) is 11.3 Å². The Morgan fingerprint density at radius 2 is 2.04 bits per heavy atom. The van der Waals surface area contributed by atoms with Gasteiger partial charge in [0.1, 0.15) is 11.1 Å². The van der Waals surface area contributed by atoms with Crippen molar-refractivity contribution in [2.45, 2.75) is 63.8 Å². The van der Waals surface area contributed by atoms with Crippen molar-refractivity contribution in [2.24, 2.45) is 0 Å². The lowest BCUT2D eigenvalue weighted by Gasteiger charge is -2.46. The number of quaternary nitrogens is 1. The number of piperidine rings is 1. The molecule has 2 bridgehead atoms. The van der Waals surface area contributed by atoms with Crippen molar-refractivity contribution in [3.8, 4) is 0 Å². The fraction of sp³-hybridized carbons (Fsp3) is 0.571. The Kier molecular flexibility index (Phi) is 5.58. The first kappa shape index (κ1) is 19.0. The van der Waals surface area contributed by atoms with E-state index in [0.29, 0.717) is 18.6 Å². The summed E-state index contributed by atoms with van der Waals surface area (Å²) in [6, 6.07) is 7.36. The van der Waals surface area contributed by atoms with Crippen LogP contribution in [0, 0.1) is 0 Å². The smallest absolute Gasteiger partial charge is 0.415 e. The van der Waals surface area contributed by atoms with Crippen LogP contribution in [0.25, 0.3) is 0 Å². The van der Waals surface area contributed by atoms with Crippen LogP contribution in [0.4, 0.5) is 9.80 Å². The van der Waals surface area contributed by atoms with Gasteiger partial charge < -0.3 is 9.22 Å². The zero-order chi connectivity index (χ0) is 18.9. The number of carbonyl (C=O) groups is 1. The Morgan fingerprint density at radius 3 is 2.63 bits per heavy atom. The number of hydrogen-bond donors (Lipinski definition) is 0. The van der Waals surface area contributed by atoms with E-state index in [0.717, 1.165) is 23.4 Å². The van der Waals surface area contributed by atoms with E-state index in [1.807, 2.05) is 17.5 Å². The summed E-state index contributed by atoms with van der Waals surface area (Å²) in [6.07, 6.45) is 5.66. The molecule has 2 unspecified atom stereocenters. The van der Waals surface area contributed by atoms with Crippen molar-refractivity contribution in [2.75, 3.05) is 18.5 Å². The molecular formula is C21H29N2O2S2+. The van der Waals surface area contributed by atoms with Gasteiger partial charge in [-0.2, -0.15) is 11.3 Å². The zero-order valence-corrected chi connectivity index (χ0v) is 17.8. The Morgan fingerprint density at radius 1 is 1.26 bits per heavy atom. The first-order valence-electron chi connectivity index (χ1n) is 9.97. The Labute approximate surface area is 170 Å². The molecule has 2 fully saturated rings. The summed E-state index contributed by atoms with van der Waals surface area (Å²) in [5, 5.41) is 7.12. The SMILES string of the molecule is CCC[N+]1(C)[C@@H]2CC[C@H]1CC(OC(=O)N(Cc1ccsc1)c1cccs1)C2. The van der Waals surface area contributed by atoms with Gasteiger partial charge in [-0.05, 0) is 46.3 Å². The molecule has 2 aromatic heterocycles. The summed E-state index contributed by atoms with van der Waals surface area (Å²) in [6.45, 7) is 4.10. The fourth-order valence-electron chi connectivity index (χ4n) is 5.06. The number of thiophene rings is 2. The van der Waals surface area contributed by atoms with Crippen LogP contribution in [0.15, 0.2) is 34.3 Å². The van der Waals surface area contributed by atoms with Crippen LogP contribution in [0.2, 0.25) is 0 Å². The van der Waals surface area contributed by atoms with Crippen LogP contribution in [-0.2, 0) is 11.3 Å². The highest BCUT2D eigenvalue weighted by Crippen LogP contribution is 2.42. The summed E-state index contributed by atoms with van der Waals surface area (Å²) in [5.41, 5.74) is 1.15.